The molecule has 0 atom stereocenters. The summed E-state index contributed by atoms with van der Waals surface area (Å²) in [5.41, 5.74) is 1.50. The largest absolute Gasteiger partial charge is 0.507 e. The molecule has 0 saturated carbocycles. The number of amides is 1. The van der Waals surface area contributed by atoms with Gasteiger partial charge in [-0.2, -0.15) is 0 Å². The number of para-hydroxylation sites is 1. The van der Waals surface area contributed by atoms with E-state index >= 15 is 0 Å². The Bertz CT molecular complexity index is 705. The van der Waals surface area contributed by atoms with Crippen molar-refractivity contribution < 1.29 is 14.7 Å². The molecule has 0 aliphatic carbocycles. The quantitative estimate of drug-likeness (QED) is 0.833. The predicted molar refractivity (Wildman–Crippen MR) is 89.8 cm³/mol. The van der Waals surface area contributed by atoms with E-state index in [1.165, 1.54) is 6.07 Å². The molecule has 0 radical (unpaired) electrons. The van der Waals surface area contributed by atoms with Crippen LogP contribution in [0.15, 0.2) is 48.5 Å². The van der Waals surface area contributed by atoms with Crippen molar-refractivity contribution in [2.45, 2.75) is 20.3 Å². The van der Waals surface area contributed by atoms with Gasteiger partial charge in [-0.15, -0.1) is 0 Å². The van der Waals surface area contributed by atoms with Gasteiger partial charge in [-0.05, 0) is 37.6 Å². The van der Waals surface area contributed by atoms with Gasteiger partial charge < -0.3 is 10.0 Å². The van der Waals surface area contributed by atoms with Crippen molar-refractivity contribution >= 4 is 11.7 Å². The fourth-order valence-corrected chi connectivity index (χ4v) is 2.54. The summed E-state index contributed by atoms with van der Waals surface area (Å²) in [7, 11) is 0. The number of hydrogen-bond donors (Lipinski definition) is 1. The summed E-state index contributed by atoms with van der Waals surface area (Å²) in [6, 6.07) is 13.6. The van der Waals surface area contributed by atoms with Gasteiger partial charge in [-0.25, -0.2) is 0 Å². The van der Waals surface area contributed by atoms with Gasteiger partial charge >= 0.3 is 0 Å². The molecular formula is C19H21NO3. The molecular weight excluding hydrogens is 290 g/mol. The molecule has 4 nitrogen and oxygen atoms in total. The maximum atomic E-state index is 12.6. The van der Waals surface area contributed by atoms with Crippen molar-refractivity contribution in [1.29, 1.82) is 0 Å². The van der Waals surface area contributed by atoms with Gasteiger partial charge in [0.1, 0.15) is 5.75 Å². The molecule has 0 heterocycles. The van der Waals surface area contributed by atoms with Crippen molar-refractivity contribution in [2.24, 2.45) is 0 Å². The van der Waals surface area contributed by atoms with E-state index in [-0.39, 0.29) is 29.4 Å². The normalized spacial score (nSPS) is 10.3. The Kier molecular flexibility index (Phi) is 5.52. The number of nitrogens with zero attached hydrogens (tertiary/aromatic N) is 1. The fraction of sp³-hybridized carbons (Fsp3) is 0.263. The van der Waals surface area contributed by atoms with Gasteiger partial charge in [0.05, 0.1) is 5.56 Å². The first-order valence-electron chi connectivity index (χ1n) is 7.76. The minimum atomic E-state index is -0.206. The lowest BCUT2D eigenvalue weighted by atomic mass is 9.97. The highest BCUT2D eigenvalue weighted by Gasteiger charge is 2.19. The zero-order chi connectivity index (χ0) is 16.8. The number of ketones is 1. The fourth-order valence-electron chi connectivity index (χ4n) is 2.54. The van der Waals surface area contributed by atoms with E-state index in [1.807, 2.05) is 19.9 Å². The van der Waals surface area contributed by atoms with Crippen molar-refractivity contribution in [2.75, 3.05) is 13.1 Å². The van der Waals surface area contributed by atoms with Crippen molar-refractivity contribution in [3.05, 3.63) is 65.2 Å². The molecule has 0 unspecified atom stereocenters. The summed E-state index contributed by atoms with van der Waals surface area (Å²) in [6.45, 7) is 5.10. The van der Waals surface area contributed by atoms with Crippen LogP contribution in [0.2, 0.25) is 0 Å². The van der Waals surface area contributed by atoms with Gasteiger partial charge in [-0.1, -0.05) is 30.3 Å². The molecule has 23 heavy (non-hydrogen) atoms. The third kappa shape index (κ3) is 3.77. The summed E-state index contributed by atoms with van der Waals surface area (Å²) in [5, 5.41) is 9.81. The lowest BCUT2D eigenvalue weighted by Gasteiger charge is -2.20. The third-order valence-corrected chi connectivity index (χ3v) is 3.85. The number of rotatable bonds is 6. The average Bonchev–Trinajstić information content (AvgIpc) is 2.56. The third-order valence-electron chi connectivity index (χ3n) is 3.85. The molecule has 0 aliphatic rings. The highest BCUT2D eigenvalue weighted by molar-refractivity contribution is 6.02. The Morgan fingerprint density at radius 3 is 2.09 bits per heavy atom. The summed E-state index contributed by atoms with van der Waals surface area (Å²) >= 11 is 0. The number of aromatic hydroxyl groups is 1. The van der Waals surface area contributed by atoms with Crippen LogP contribution in [0.4, 0.5) is 0 Å². The standard InChI is InChI=1S/C19H21NO3/c1-3-20(4-2)19(23)15-10-6-5-9-14(15)13-18(22)16-11-7-8-12-17(16)21/h5-12,21H,3-4,13H2,1-2H3. The van der Waals surface area contributed by atoms with Crippen LogP contribution >= 0.6 is 0 Å². The van der Waals surface area contributed by atoms with Gasteiger partial charge in [0.15, 0.2) is 5.78 Å². The van der Waals surface area contributed by atoms with Crippen LogP contribution in [0.3, 0.4) is 0 Å². The second-order valence-corrected chi connectivity index (χ2v) is 5.25. The van der Waals surface area contributed by atoms with E-state index in [1.54, 1.807) is 41.3 Å². The molecule has 0 bridgehead atoms. The van der Waals surface area contributed by atoms with Crippen LogP contribution in [0.25, 0.3) is 0 Å². The van der Waals surface area contributed by atoms with Crippen LogP contribution in [-0.2, 0) is 6.42 Å². The molecule has 0 spiro atoms. The molecule has 1 N–H and O–H groups in total. The molecule has 2 aromatic carbocycles. The SMILES string of the molecule is CCN(CC)C(=O)c1ccccc1CC(=O)c1ccccc1O. The highest BCUT2D eigenvalue weighted by Crippen LogP contribution is 2.20. The maximum absolute atomic E-state index is 12.6. The van der Waals surface area contributed by atoms with Gasteiger partial charge in [0.25, 0.3) is 5.91 Å². The minimum Gasteiger partial charge on any atom is -0.507 e. The monoisotopic (exact) mass is 311 g/mol. The number of benzene rings is 2. The molecule has 120 valence electrons. The molecule has 0 fully saturated rings. The number of carbonyl (C=O) groups excluding carboxylic acids is 2. The van der Waals surface area contributed by atoms with E-state index in [4.69, 9.17) is 0 Å². The van der Waals surface area contributed by atoms with Crippen LogP contribution in [0.5, 0.6) is 5.75 Å². The zero-order valence-corrected chi connectivity index (χ0v) is 13.5. The molecule has 0 aromatic heterocycles. The topological polar surface area (TPSA) is 57.6 Å². The Labute approximate surface area is 136 Å². The number of hydrogen-bond acceptors (Lipinski definition) is 3. The van der Waals surface area contributed by atoms with Crippen LogP contribution in [0, 0.1) is 0 Å². The first-order chi connectivity index (χ1) is 11.1. The van der Waals surface area contributed by atoms with E-state index in [0.717, 1.165) is 0 Å². The van der Waals surface area contributed by atoms with Gasteiger partial charge in [-0.3, -0.25) is 9.59 Å². The molecule has 0 aliphatic heterocycles. The molecule has 0 saturated heterocycles. The van der Waals surface area contributed by atoms with Crippen LogP contribution < -0.4 is 0 Å². The van der Waals surface area contributed by atoms with Crippen molar-refractivity contribution in [1.82, 2.24) is 4.90 Å². The Morgan fingerprint density at radius 2 is 1.48 bits per heavy atom. The molecule has 4 heteroatoms. The van der Waals surface area contributed by atoms with E-state index in [0.29, 0.717) is 24.2 Å². The Morgan fingerprint density at radius 1 is 0.913 bits per heavy atom. The Hall–Kier alpha value is -2.62. The smallest absolute Gasteiger partial charge is 0.254 e. The maximum Gasteiger partial charge on any atom is 0.254 e. The zero-order valence-electron chi connectivity index (χ0n) is 13.5. The summed E-state index contributed by atoms with van der Waals surface area (Å²) in [5.74, 6) is -0.316. The first-order valence-corrected chi connectivity index (χ1v) is 7.76. The number of Topliss-reactive ketones (excluding diaryl/α,β-unsaturated/α-hetero) is 1. The Balaban J connectivity index is 2.29. The second-order valence-electron chi connectivity index (χ2n) is 5.25. The van der Waals surface area contributed by atoms with E-state index in [2.05, 4.69) is 0 Å². The summed E-state index contributed by atoms with van der Waals surface area (Å²) in [4.78, 5) is 26.7. The highest BCUT2D eigenvalue weighted by atomic mass is 16.3. The minimum absolute atomic E-state index is 0.0370. The molecule has 1 amide bonds. The number of carbonyl (C=O) groups is 2. The van der Waals surface area contributed by atoms with E-state index < -0.39 is 0 Å². The van der Waals surface area contributed by atoms with Gasteiger partial charge in [0, 0.05) is 25.1 Å². The second kappa shape index (κ2) is 7.58. The average molecular weight is 311 g/mol. The van der Waals surface area contributed by atoms with Crippen molar-refractivity contribution in [3.63, 3.8) is 0 Å². The van der Waals surface area contributed by atoms with Gasteiger partial charge in [0.2, 0.25) is 0 Å². The lowest BCUT2D eigenvalue weighted by Crippen LogP contribution is -2.31. The summed E-state index contributed by atoms with van der Waals surface area (Å²) in [6.07, 6.45) is 0.0841. The first kappa shape index (κ1) is 16.7. The summed E-state index contributed by atoms with van der Waals surface area (Å²) < 4.78 is 0. The van der Waals surface area contributed by atoms with E-state index in [9.17, 15) is 14.7 Å². The lowest BCUT2D eigenvalue weighted by molar-refractivity contribution is 0.0772. The van der Waals surface area contributed by atoms with Crippen LogP contribution in [0.1, 0.15) is 40.1 Å². The molecule has 2 rings (SSSR count). The predicted octanol–water partition coefficient (Wildman–Crippen LogP) is 3.30. The number of phenolic OH excluding ortho intramolecular Hbond substituents is 1. The molecule has 2 aromatic rings. The number of phenols is 1. The van der Waals surface area contributed by atoms with Crippen LogP contribution in [-0.4, -0.2) is 34.8 Å². The van der Waals surface area contributed by atoms with Crippen molar-refractivity contribution in [3.8, 4) is 5.75 Å².